The van der Waals surface area contributed by atoms with Crippen LogP contribution in [0.1, 0.15) is 18.4 Å². The molecule has 0 aromatic heterocycles. The van der Waals surface area contributed by atoms with Crippen molar-refractivity contribution in [1.29, 1.82) is 0 Å². The summed E-state index contributed by atoms with van der Waals surface area (Å²) in [5, 5.41) is 10.3. The molecule has 1 aromatic carbocycles. The maximum atomic E-state index is 11.3. The third-order valence-electron chi connectivity index (χ3n) is 3.52. The molecule has 0 radical (unpaired) electrons. The molecule has 1 saturated heterocycles. The first-order valence-electron chi connectivity index (χ1n) is 6.32. The molecule has 96 valence electrons. The van der Waals surface area contributed by atoms with Crippen molar-refractivity contribution in [3.8, 4) is 0 Å². The van der Waals surface area contributed by atoms with Gasteiger partial charge in [0.1, 0.15) is 0 Å². The summed E-state index contributed by atoms with van der Waals surface area (Å²) in [6.45, 7) is 1.97. The van der Waals surface area contributed by atoms with Gasteiger partial charge in [0.2, 0.25) is 5.91 Å². The lowest BCUT2D eigenvalue weighted by molar-refractivity contribution is -0.115. The SMILES string of the molecule is O=C1Cc2cc(NCC3CCCN3)c(Cl)cc2N1. The third kappa shape index (κ3) is 2.31. The van der Waals surface area contributed by atoms with E-state index >= 15 is 0 Å². The van der Waals surface area contributed by atoms with E-state index < -0.39 is 0 Å². The summed E-state index contributed by atoms with van der Waals surface area (Å²) < 4.78 is 0. The molecule has 1 aromatic rings. The number of hydrogen-bond donors (Lipinski definition) is 3. The molecule has 1 amide bonds. The van der Waals surface area contributed by atoms with Gasteiger partial charge < -0.3 is 16.0 Å². The summed E-state index contributed by atoms with van der Waals surface area (Å²) >= 11 is 6.21. The van der Waals surface area contributed by atoms with E-state index in [0.29, 0.717) is 17.5 Å². The van der Waals surface area contributed by atoms with Crippen LogP contribution in [-0.2, 0) is 11.2 Å². The van der Waals surface area contributed by atoms with Gasteiger partial charge in [0.25, 0.3) is 0 Å². The maximum absolute atomic E-state index is 11.3. The summed E-state index contributed by atoms with van der Waals surface area (Å²) in [6, 6.07) is 4.32. The highest BCUT2D eigenvalue weighted by Crippen LogP contribution is 2.32. The number of nitrogens with one attached hydrogen (secondary N) is 3. The molecule has 18 heavy (non-hydrogen) atoms. The van der Waals surface area contributed by atoms with E-state index in [2.05, 4.69) is 16.0 Å². The Kier molecular flexibility index (Phi) is 3.14. The Morgan fingerprint density at radius 2 is 2.33 bits per heavy atom. The van der Waals surface area contributed by atoms with Gasteiger partial charge in [-0.15, -0.1) is 0 Å². The molecule has 0 aliphatic carbocycles. The quantitative estimate of drug-likeness (QED) is 0.784. The molecular weight excluding hydrogens is 250 g/mol. The molecule has 1 atom stereocenters. The number of anilines is 2. The first-order valence-corrected chi connectivity index (χ1v) is 6.70. The minimum atomic E-state index is 0.0377. The van der Waals surface area contributed by atoms with Gasteiger partial charge in [-0.1, -0.05) is 11.6 Å². The van der Waals surface area contributed by atoms with E-state index in [0.717, 1.165) is 30.0 Å². The van der Waals surface area contributed by atoms with Crippen LogP contribution in [0.5, 0.6) is 0 Å². The van der Waals surface area contributed by atoms with Crippen LogP contribution in [0.15, 0.2) is 12.1 Å². The highest BCUT2D eigenvalue weighted by molar-refractivity contribution is 6.33. The zero-order valence-electron chi connectivity index (χ0n) is 10.1. The zero-order chi connectivity index (χ0) is 12.5. The lowest BCUT2D eigenvalue weighted by Gasteiger charge is -2.14. The van der Waals surface area contributed by atoms with Crippen molar-refractivity contribution in [2.75, 3.05) is 23.7 Å². The van der Waals surface area contributed by atoms with Gasteiger partial charge in [-0.2, -0.15) is 0 Å². The number of rotatable bonds is 3. The van der Waals surface area contributed by atoms with E-state index in [1.165, 1.54) is 12.8 Å². The molecule has 0 saturated carbocycles. The summed E-state index contributed by atoms with van der Waals surface area (Å²) in [7, 11) is 0. The number of halogens is 1. The molecule has 1 fully saturated rings. The summed E-state index contributed by atoms with van der Waals surface area (Å²) in [6.07, 6.45) is 2.89. The first kappa shape index (κ1) is 11.8. The zero-order valence-corrected chi connectivity index (χ0v) is 10.8. The molecule has 2 aliphatic heterocycles. The van der Waals surface area contributed by atoms with Crippen molar-refractivity contribution < 1.29 is 4.79 Å². The smallest absolute Gasteiger partial charge is 0.228 e. The van der Waals surface area contributed by atoms with Gasteiger partial charge in [0.05, 0.1) is 17.1 Å². The molecule has 3 N–H and O–H groups in total. The maximum Gasteiger partial charge on any atom is 0.228 e. The van der Waals surface area contributed by atoms with Crippen LogP contribution in [0.4, 0.5) is 11.4 Å². The molecule has 5 heteroatoms. The van der Waals surface area contributed by atoms with Crippen LogP contribution < -0.4 is 16.0 Å². The van der Waals surface area contributed by atoms with Crippen LogP contribution in [0, 0.1) is 0 Å². The number of carbonyl (C=O) groups is 1. The van der Waals surface area contributed by atoms with E-state index in [1.807, 2.05) is 12.1 Å². The standard InChI is InChI=1S/C13H16ClN3O/c14-10-6-11-8(5-13(18)17-11)4-12(10)16-7-9-2-1-3-15-9/h4,6,9,15-16H,1-3,5,7H2,(H,17,18). The molecule has 3 rings (SSSR count). The molecule has 2 aliphatic rings. The van der Waals surface area contributed by atoms with Crippen molar-refractivity contribution in [3.63, 3.8) is 0 Å². The number of benzene rings is 1. The molecule has 2 heterocycles. The van der Waals surface area contributed by atoms with Crippen molar-refractivity contribution in [2.45, 2.75) is 25.3 Å². The Balaban J connectivity index is 1.72. The largest absolute Gasteiger partial charge is 0.382 e. The summed E-state index contributed by atoms with van der Waals surface area (Å²) in [5.74, 6) is 0.0377. The average Bonchev–Trinajstić information content (AvgIpc) is 2.94. The Labute approximate surface area is 111 Å². The Hall–Kier alpha value is -1.26. The minimum absolute atomic E-state index is 0.0377. The molecular formula is C13H16ClN3O. The van der Waals surface area contributed by atoms with Gasteiger partial charge >= 0.3 is 0 Å². The Bertz CT molecular complexity index is 483. The van der Waals surface area contributed by atoms with Crippen molar-refractivity contribution >= 4 is 28.9 Å². The topological polar surface area (TPSA) is 53.2 Å². The highest BCUT2D eigenvalue weighted by atomic mass is 35.5. The number of carbonyl (C=O) groups excluding carboxylic acids is 1. The van der Waals surface area contributed by atoms with Crippen molar-refractivity contribution in [1.82, 2.24) is 5.32 Å². The number of amides is 1. The van der Waals surface area contributed by atoms with Crippen LogP contribution >= 0.6 is 11.6 Å². The fraction of sp³-hybridized carbons (Fsp3) is 0.462. The monoisotopic (exact) mass is 265 g/mol. The average molecular weight is 266 g/mol. The van der Waals surface area contributed by atoms with Crippen molar-refractivity contribution in [2.24, 2.45) is 0 Å². The second kappa shape index (κ2) is 4.78. The van der Waals surface area contributed by atoms with Gasteiger partial charge in [-0.3, -0.25) is 4.79 Å². The fourth-order valence-electron chi connectivity index (χ4n) is 2.55. The summed E-state index contributed by atoms with van der Waals surface area (Å²) in [4.78, 5) is 11.3. The van der Waals surface area contributed by atoms with E-state index in [4.69, 9.17) is 11.6 Å². The molecule has 0 bridgehead atoms. The first-order chi connectivity index (χ1) is 8.72. The second-order valence-corrected chi connectivity index (χ2v) is 5.30. The normalized spacial score (nSPS) is 21.8. The molecule has 0 spiro atoms. The van der Waals surface area contributed by atoms with Gasteiger partial charge in [-0.05, 0) is 37.1 Å². The summed E-state index contributed by atoms with van der Waals surface area (Å²) in [5.41, 5.74) is 2.78. The van der Waals surface area contributed by atoms with Crippen LogP contribution in [0.25, 0.3) is 0 Å². The van der Waals surface area contributed by atoms with Crippen LogP contribution in [0.2, 0.25) is 5.02 Å². The van der Waals surface area contributed by atoms with E-state index in [9.17, 15) is 4.79 Å². The minimum Gasteiger partial charge on any atom is -0.382 e. The highest BCUT2D eigenvalue weighted by Gasteiger charge is 2.20. The third-order valence-corrected chi connectivity index (χ3v) is 3.83. The molecule has 4 nitrogen and oxygen atoms in total. The predicted molar refractivity (Wildman–Crippen MR) is 73.3 cm³/mol. The molecule has 1 unspecified atom stereocenters. The van der Waals surface area contributed by atoms with E-state index in [-0.39, 0.29) is 5.91 Å². The van der Waals surface area contributed by atoms with Gasteiger partial charge in [0, 0.05) is 18.3 Å². The Morgan fingerprint density at radius 3 is 3.11 bits per heavy atom. The van der Waals surface area contributed by atoms with Crippen molar-refractivity contribution in [3.05, 3.63) is 22.7 Å². The van der Waals surface area contributed by atoms with E-state index in [1.54, 1.807) is 0 Å². The van der Waals surface area contributed by atoms with Gasteiger partial charge in [-0.25, -0.2) is 0 Å². The predicted octanol–water partition coefficient (Wildman–Crippen LogP) is 2.00. The Morgan fingerprint density at radius 1 is 1.44 bits per heavy atom. The number of hydrogen-bond acceptors (Lipinski definition) is 3. The lowest BCUT2D eigenvalue weighted by atomic mass is 10.1. The number of fused-ring (bicyclic) bond motifs is 1. The fourth-order valence-corrected chi connectivity index (χ4v) is 2.78. The second-order valence-electron chi connectivity index (χ2n) is 4.89. The van der Waals surface area contributed by atoms with Gasteiger partial charge in [0.15, 0.2) is 0 Å². The van der Waals surface area contributed by atoms with Crippen LogP contribution in [0.3, 0.4) is 0 Å². The van der Waals surface area contributed by atoms with Crippen LogP contribution in [-0.4, -0.2) is 25.0 Å². The lowest BCUT2D eigenvalue weighted by Crippen LogP contribution is -2.29.